The zero-order valence-electron chi connectivity index (χ0n) is 16.1. The summed E-state index contributed by atoms with van der Waals surface area (Å²) in [5.74, 6) is -0.169. The molecule has 0 spiro atoms. The number of carbonyl (C=O) groups is 1. The second-order valence-corrected chi connectivity index (χ2v) is 6.90. The average molecular weight is 371 g/mol. The minimum atomic E-state index is -0.169. The van der Waals surface area contributed by atoms with Crippen LogP contribution in [0.5, 0.6) is 0 Å². The van der Waals surface area contributed by atoms with E-state index in [4.69, 9.17) is 0 Å². The molecule has 0 aliphatic heterocycles. The predicted octanol–water partition coefficient (Wildman–Crippen LogP) is 3.88. The van der Waals surface area contributed by atoms with Gasteiger partial charge in [0.25, 0.3) is 5.91 Å². The molecule has 0 saturated carbocycles. The van der Waals surface area contributed by atoms with Gasteiger partial charge in [0.15, 0.2) is 0 Å². The van der Waals surface area contributed by atoms with E-state index in [0.717, 1.165) is 33.3 Å². The van der Waals surface area contributed by atoms with Crippen LogP contribution in [0.3, 0.4) is 0 Å². The van der Waals surface area contributed by atoms with Gasteiger partial charge in [0.2, 0.25) is 0 Å². The van der Waals surface area contributed by atoms with Crippen molar-refractivity contribution in [2.24, 2.45) is 0 Å². The summed E-state index contributed by atoms with van der Waals surface area (Å²) in [5.41, 5.74) is 7.85. The third kappa shape index (κ3) is 3.24. The van der Waals surface area contributed by atoms with Crippen LogP contribution in [0.15, 0.2) is 49.2 Å². The second kappa shape index (κ2) is 7.23. The molecule has 4 rings (SSSR count). The van der Waals surface area contributed by atoms with Gasteiger partial charge in [-0.15, -0.1) is 0 Å². The first-order chi connectivity index (χ1) is 13.5. The topological polar surface area (TPSA) is 83.6 Å². The van der Waals surface area contributed by atoms with Crippen molar-refractivity contribution >= 4 is 16.8 Å². The SMILES string of the molecule is Cc1cnccc1-c1[nH]c2ccc(CNC(=O)c3cncnc3C)cc2c1C. The highest BCUT2D eigenvalue weighted by atomic mass is 16.1. The number of nitrogens with zero attached hydrogens (tertiary/aromatic N) is 3. The lowest BCUT2D eigenvalue weighted by molar-refractivity contribution is 0.0949. The van der Waals surface area contributed by atoms with Gasteiger partial charge in [-0.1, -0.05) is 6.07 Å². The van der Waals surface area contributed by atoms with Crippen molar-refractivity contribution in [3.05, 3.63) is 77.1 Å². The van der Waals surface area contributed by atoms with Gasteiger partial charge in [-0.05, 0) is 55.7 Å². The number of aromatic amines is 1. The lowest BCUT2D eigenvalue weighted by atomic mass is 10.0. The number of benzene rings is 1. The van der Waals surface area contributed by atoms with Crippen LogP contribution < -0.4 is 5.32 Å². The van der Waals surface area contributed by atoms with Crippen molar-refractivity contribution in [1.82, 2.24) is 25.3 Å². The Balaban J connectivity index is 1.60. The summed E-state index contributed by atoms with van der Waals surface area (Å²) < 4.78 is 0. The van der Waals surface area contributed by atoms with E-state index in [1.165, 1.54) is 11.9 Å². The molecule has 1 amide bonds. The number of hydrogen-bond donors (Lipinski definition) is 2. The van der Waals surface area contributed by atoms with Crippen LogP contribution in [0.25, 0.3) is 22.2 Å². The maximum Gasteiger partial charge on any atom is 0.254 e. The molecule has 0 fully saturated rings. The first-order valence-electron chi connectivity index (χ1n) is 9.11. The molecule has 0 aliphatic carbocycles. The van der Waals surface area contributed by atoms with Crippen molar-refractivity contribution in [2.45, 2.75) is 27.3 Å². The molecule has 3 aromatic heterocycles. The molecule has 1 aromatic carbocycles. The average Bonchev–Trinajstić information content (AvgIpc) is 3.03. The summed E-state index contributed by atoms with van der Waals surface area (Å²) >= 11 is 0. The van der Waals surface area contributed by atoms with E-state index in [-0.39, 0.29) is 5.91 Å². The van der Waals surface area contributed by atoms with Gasteiger partial charge in [-0.25, -0.2) is 9.97 Å². The van der Waals surface area contributed by atoms with E-state index < -0.39 is 0 Å². The van der Waals surface area contributed by atoms with E-state index in [1.54, 1.807) is 13.1 Å². The number of amides is 1. The van der Waals surface area contributed by atoms with Crippen LogP contribution in [0, 0.1) is 20.8 Å². The number of aryl methyl sites for hydroxylation is 3. The van der Waals surface area contributed by atoms with Gasteiger partial charge < -0.3 is 10.3 Å². The van der Waals surface area contributed by atoms with Crippen molar-refractivity contribution in [3.63, 3.8) is 0 Å². The molecule has 4 aromatic rings. The van der Waals surface area contributed by atoms with Crippen LogP contribution >= 0.6 is 0 Å². The number of fused-ring (bicyclic) bond motifs is 1. The van der Waals surface area contributed by atoms with Gasteiger partial charge in [-0.2, -0.15) is 0 Å². The fourth-order valence-corrected chi connectivity index (χ4v) is 3.40. The Kier molecular flexibility index (Phi) is 4.61. The highest BCUT2D eigenvalue weighted by Gasteiger charge is 2.13. The zero-order chi connectivity index (χ0) is 19.7. The van der Waals surface area contributed by atoms with Crippen LogP contribution in [-0.2, 0) is 6.54 Å². The second-order valence-electron chi connectivity index (χ2n) is 6.90. The summed E-state index contributed by atoms with van der Waals surface area (Å²) in [5, 5.41) is 4.10. The van der Waals surface area contributed by atoms with Crippen molar-refractivity contribution < 1.29 is 4.79 Å². The molecule has 0 atom stereocenters. The maximum atomic E-state index is 12.4. The minimum Gasteiger partial charge on any atom is -0.354 e. The molecule has 0 radical (unpaired) electrons. The van der Waals surface area contributed by atoms with Gasteiger partial charge in [0.1, 0.15) is 6.33 Å². The molecule has 6 heteroatoms. The number of hydrogen-bond acceptors (Lipinski definition) is 4. The number of aromatic nitrogens is 4. The highest BCUT2D eigenvalue weighted by Crippen LogP contribution is 2.31. The molecular formula is C22H21N5O. The summed E-state index contributed by atoms with van der Waals surface area (Å²) in [7, 11) is 0. The lowest BCUT2D eigenvalue weighted by Gasteiger charge is -2.07. The number of H-pyrrole nitrogens is 1. The van der Waals surface area contributed by atoms with E-state index in [9.17, 15) is 4.79 Å². The van der Waals surface area contributed by atoms with Crippen LogP contribution in [0.1, 0.15) is 32.7 Å². The van der Waals surface area contributed by atoms with E-state index >= 15 is 0 Å². The van der Waals surface area contributed by atoms with E-state index in [1.807, 2.05) is 24.5 Å². The largest absolute Gasteiger partial charge is 0.354 e. The van der Waals surface area contributed by atoms with Gasteiger partial charge in [-0.3, -0.25) is 9.78 Å². The first-order valence-corrected chi connectivity index (χ1v) is 9.11. The Hall–Kier alpha value is -3.54. The minimum absolute atomic E-state index is 0.169. The quantitative estimate of drug-likeness (QED) is 0.570. The van der Waals surface area contributed by atoms with Gasteiger partial charge >= 0.3 is 0 Å². The Bertz CT molecular complexity index is 1180. The Morgan fingerprint density at radius 1 is 1.11 bits per heavy atom. The third-order valence-electron chi connectivity index (χ3n) is 5.02. The molecule has 2 N–H and O–H groups in total. The van der Waals surface area contributed by atoms with E-state index in [2.05, 4.69) is 51.2 Å². The molecule has 6 nitrogen and oxygen atoms in total. The summed E-state index contributed by atoms with van der Waals surface area (Å²) in [6.07, 6.45) is 6.66. The normalized spacial score (nSPS) is 11.0. The van der Waals surface area contributed by atoms with E-state index in [0.29, 0.717) is 17.8 Å². The molecule has 28 heavy (non-hydrogen) atoms. The summed E-state index contributed by atoms with van der Waals surface area (Å²) in [6, 6.07) is 8.23. The fourth-order valence-electron chi connectivity index (χ4n) is 3.40. The molecule has 0 aliphatic rings. The Morgan fingerprint density at radius 3 is 2.75 bits per heavy atom. The molecule has 140 valence electrons. The third-order valence-corrected chi connectivity index (χ3v) is 5.02. The van der Waals surface area contributed by atoms with Crippen LogP contribution in [0.2, 0.25) is 0 Å². The van der Waals surface area contributed by atoms with Crippen molar-refractivity contribution in [3.8, 4) is 11.3 Å². The number of pyridine rings is 1. The van der Waals surface area contributed by atoms with Gasteiger partial charge in [0, 0.05) is 47.3 Å². The Morgan fingerprint density at radius 2 is 1.96 bits per heavy atom. The fraction of sp³-hybridized carbons (Fsp3) is 0.182. The maximum absolute atomic E-state index is 12.4. The number of rotatable bonds is 4. The van der Waals surface area contributed by atoms with Crippen molar-refractivity contribution in [1.29, 1.82) is 0 Å². The number of nitrogens with one attached hydrogen (secondary N) is 2. The zero-order valence-corrected chi connectivity index (χ0v) is 16.1. The standard InChI is InChI=1S/C22H21N5O/c1-13-9-23-7-6-17(13)21-14(2)18-8-16(4-5-20(18)27-21)10-25-22(28)19-11-24-12-26-15(19)3/h4-9,11-12,27H,10H2,1-3H3,(H,25,28). The van der Waals surface area contributed by atoms with Crippen LogP contribution in [0.4, 0.5) is 0 Å². The molecule has 0 bridgehead atoms. The number of carbonyl (C=O) groups excluding carboxylic acids is 1. The lowest BCUT2D eigenvalue weighted by Crippen LogP contribution is -2.24. The first kappa shape index (κ1) is 17.9. The highest BCUT2D eigenvalue weighted by molar-refractivity contribution is 5.95. The monoisotopic (exact) mass is 371 g/mol. The van der Waals surface area contributed by atoms with Crippen molar-refractivity contribution in [2.75, 3.05) is 0 Å². The Labute approximate surface area is 163 Å². The molecule has 3 heterocycles. The predicted molar refractivity (Wildman–Crippen MR) is 109 cm³/mol. The summed E-state index contributed by atoms with van der Waals surface area (Å²) in [6.45, 7) is 6.41. The smallest absolute Gasteiger partial charge is 0.254 e. The molecular weight excluding hydrogens is 350 g/mol. The summed E-state index contributed by atoms with van der Waals surface area (Å²) in [4.78, 5) is 28.1. The van der Waals surface area contributed by atoms with Crippen LogP contribution in [-0.4, -0.2) is 25.8 Å². The molecule has 0 unspecified atom stereocenters. The van der Waals surface area contributed by atoms with Gasteiger partial charge in [0.05, 0.1) is 11.3 Å². The molecule has 0 saturated heterocycles.